The molecule has 3 nitrogen and oxygen atoms in total. The van der Waals surface area contributed by atoms with E-state index in [-0.39, 0.29) is 0 Å². The minimum atomic E-state index is 0.328. The summed E-state index contributed by atoms with van der Waals surface area (Å²) in [6, 6.07) is 2.48. The summed E-state index contributed by atoms with van der Waals surface area (Å²) in [7, 11) is 0. The van der Waals surface area contributed by atoms with Crippen molar-refractivity contribution in [2.24, 2.45) is 5.92 Å². The predicted octanol–water partition coefficient (Wildman–Crippen LogP) is 3.82. The van der Waals surface area contributed by atoms with Crippen molar-refractivity contribution >= 4 is 17.4 Å². The first-order valence-corrected chi connectivity index (χ1v) is 6.80. The van der Waals surface area contributed by atoms with Crippen LogP contribution >= 0.6 is 11.6 Å². The second-order valence-electron chi connectivity index (χ2n) is 5.03. The monoisotopic (exact) mass is 253 g/mol. The summed E-state index contributed by atoms with van der Waals surface area (Å²) in [6.07, 6.45) is 6.53. The maximum Gasteiger partial charge on any atom is 0.224 e. The average Bonchev–Trinajstić information content (AvgIpc) is 2.43. The molecule has 0 saturated heterocycles. The number of halogens is 1. The van der Waals surface area contributed by atoms with Crippen molar-refractivity contribution in [2.45, 2.75) is 52.0 Å². The topological polar surface area (TPSA) is 37.8 Å². The number of aromatic nitrogens is 2. The Bertz CT molecular complexity index is 361. The molecule has 17 heavy (non-hydrogen) atoms. The smallest absolute Gasteiger partial charge is 0.224 e. The first-order valence-electron chi connectivity index (χ1n) is 6.43. The molecule has 0 aliphatic heterocycles. The summed E-state index contributed by atoms with van der Waals surface area (Å²) in [5, 5.41) is 3.84. The molecular formula is C13H20ClN3. The van der Waals surface area contributed by atoms with Crippen molar-refractivity contribution < 1.29 is 0 Å². The van der Waals surface area contributed by atoms with Gasteiger partial charge in [0.05, 0.1) is 0 Å². The SMILES string of the molecule is Cc1cc(NC2CCCCCC2C)nc(Cl)n1. The predicted molar refractivity (Wildman–Crippen MR) is 71.4 cm³/mol. The highest BCUT2D eigenvalue weighted by Gasteiger charge is 2.20. The Kier molecular flexibility index (Phi) is 4.21. The minimum Gasteiger partial charge on any atom is -0.367 e. The standard InChI is InChI=1S/C13H20ClN3/c1-9-6-4-3-5-7-11(9)16-12-8-10(2)15-13(14)17-12/h8-9,11H,3-7H2,1-2H3,(H,15,16,17). The summed E-state index contributed by atoms with van der Waals surface area (Å²) in [5.74, 6) is 1.56. The van der Waals surface area contributed by atoms with Gasteiger partial charge in [-0.2, -0.15) is 0 Å². The Balaban J connectivity index is 2.07. The molecule has 94 valence electrons. The molecule has 1 aliphatic carbocycles. The summed E-state index contributed by atoms with van der Waals surface area (Å²) in [6.45, 7) is 4.26. The third-order valence-corrected chi connectivity index (χ3v) is 3.69. The van der Waals surface area contributed by atoms with Crippen molar-refractivity contribution in [1.29, 1.82) is 0 Å². The second kappa shape index (κ2) is 5.67. The van der Waals surface area contributed by atoms with Gasteiger partial charge in [-0.1, -0.05) is 26.2 Å². The Morgan fingerprint density at radius 3 is 2.76 bits per heavy atom. The zero-order valence-electron chi connectivity index (χ0n) is 10.5. The van der Waals surface area contributed by atoms with E-state index in [9.17, 15) is 0 Å². The highest BCUT2D eigenvalue weighted by molar-refractivity contribution is 6.28. The van der Waals surface area contributed by atoms with Crippen LogP contribution in [0, 0.1) is 12.8 Å². The van der Waals surface area contributed by atoms with E-state index in [1.165, 1.54) is 32.1 Å². The Morgan fingerprint density at radius 2 is 2.00 bits per heavy atom. The summed E-state index contributed by atoms with van der Waals surface area (Å²) in [5.41, 5.74) is 0.911. The van der Waals surface area contributed by atoms with Crippen LogP contribution in [-0.2, 0) is 0 Å². The number of aryl methyl sites for hydroxylation is 1. The summed E-state index contributed by atoms with van der Waals surface area (Å²) < 4.78 is 0. The van der Waals surface area contributed by atoms with Gasteiger partial charge in [0.2, 0.25) is 5.28 Å². The molecule has 4 heteroatoms. The second-order valence-corrected chi connectivity index (χ2v) is 5.37. The van der Waals surface area contributed by atoms with E-state index in [2.05, 4.69) is 22.2 Å². The average molecular weight is 254 g/mol. The number of rotatable bonds is 2. The first kappa shape index (κ1) is 12.6. The quantitative estimate of drug-likeness (QED) is 0.643. The Hall–Kier alpha value is -0.830. The van der Waals surface area contributed by atoms with E-state index in [4.69, 9.17) is 11.6 Å². The molecule has 0 spiro atoms. The van der Waals surface area contributed by atoms with E-state index in [1.807, 2.05) is 13.0 Å². The van der Waals surface area contributed by atoms with Crippen LogP contribution in [0.5, 0.6) is 0 Å². The van der Waals surface area contributed by atoms with Gasteiger partial charge in [-0.15, -0.1) is 0 Å². The number of anilines is 1. The highest BCUT2D eigenvalue weighted by atomic mass is 35.5. The molecule has 2 atom stereocenters. The Morgan fingerprint density at radius 1 is 1.24 bits per heavy atom. The number of hydrogen-bond donors (Lipinski definition) is 1. The number of nitrogens with zero attached hydrogens (tertiary/aromatic N) is 2. The largest absolute Gasteiger partial charge is 0.367 e. The molecule has 0 bridgehead atoms. The van der Waals surface area contributed by atoms with Crippen LogP contribution in [0.2, 0.25) is 5.28 Å². The van der Waals surface area contributed by atoms with E-state index >= 15 is 0 Å². The van der Waals surface area contributed by atoms with Gasteiger partial charge in [0, 0.05) is 17.8 Å². The van der Waals surface area contributed by atoms with Gasteiger partial charge in [0.1, 0.15) is 5.82 Å². The third-order valence-electron chi connectivity index (χ3n) is 3.52. The maximum absolute atomic E-state index is 5.87. The lowest BCUT2D eigenvalue weighted by molar-refractivity contribution is 0.455. The number of hydrogen-bond acceptors (Lipinski definition) is 3. The van der Waals surface area contributed by atoms with E-state index < -0.39 is 0 Å². The van der Waals surface area contributed by atoms with E-state index in [0.717, 1.165) is 11.5 Å². The van der Waals surface area contributed by atoms with Crippen LogP contribution in [0.3, 0.4) is 0 Å². The lowest BCUT2D eigenvalue weighted by Gasteiger charge is -2.23. The van der Waals surface area contributed by atoms with E-state index in [1.54, 1.807) is 0 Å². The van der Waals surface area contributed by atoms with Crippen molar-refractivity contribution in [1.82, 2.24) is 9.97 Å². The molecule has 1 aliphatic rings. The van der Waals surface area contributed by atoms with Gasteiger partial charge in [0.15, 0.2) is 0 Å². The molecule has 1 saturated carbocycles. The normalized spacial score (nSPS) is 25.4. The highest BCUT2D eigenvalue weighted by Crippen LogP contribution is 2.25. The molecule has 2 rings (SSSR count). The van der Waals surface area contributed by atoms with Gasteiger partial charge in [-0.05, 0) is 37.3 Å². The van der Waals surface area contributed by atoms with Gasteiger partial charge in [-0.25, -0.2) is 9.97 Å². The van der Waals surface area contributed by atoms with Crippen LogP contribution in [0.15, 0.2) is 6.07 Å². The molecule has 2 unspecified atom stereocenters. The lowest BCUT2D eigenvalue weighted by Crippen LogP contribution is -2.26. The fraction of sp³-hybridized carbons (Fsp3) is 0.692. The lowest BCUT2D eigenvalue weighted by atomic mass is 9.97. The van der Waals surface area contributed by atoms with Crippen LogP contribution in [0.25, 0.3) is 0 Å². The molecule has 1 aromatic rings. The van der Waals surface area contributed by atoms with Crippen molar-refractivity contribution in [2.75, 3.05) is 5.32 Å². The fourth-order valence-electron chi connectivity index (χ4n) is 2.50. The van der Waals surface area contributed by atoms with Gasteiger partial charge in [0.25, 0.3) is 0 Å². The number of nitrogens with one attached hydrogen (secondary N) is 1. The molecule has 0 amide bonds. The summed E-state index contributed by atoms with van der Waals surface area (Å²) >= 11 is 5.87. The zero-order chi connectivity index (χ0) is 12.3. The third kappa shape index (κ3) is 3.56. The summed E-state index contributed by atoms with van der Waals surface area (Å²) in [4.78, 5) is 8.32. The zero-order valence-corrected chi connectivity index (χ0v) is 11.3. The van der Waals surface area contributed by atoms with E-state index in [0.29, 0.717) is 17.2 Å². The van der Waals surface area contributed by atoms with Crippen LogP contribution in [0.4, 0.5) is 5.82 Å². The van der Waals surface area contributed by atoms with Gasteiger partial charge >= 0.3 is 0 Å². The molecule has 1 aromatic heterocycles. The van der Waals surface area contributed by atoms with Crippen LogP contribution < -0.4 is 5.32 Å². The van der Waals surface area contributed by atoms with Crippen molar-refractivity contribution in [3.05, 3.63) is 17.0 Å². The first-order chi connectivity index (χ1) is 8.15. The van der Waals surface area contributed by atoms with Gasteiger partial charge < -0.3 is 5.32 Å². The van der Waals surface area contributed by atoms with Crippen LogP contribution in [0.1, 0.15) is 44.7 Å². The maximum atomic E-state index is 5.87. The fourth-order valence-corrected chi connectivity index (χ4v) is 2.73. The minimum absolute atomic E-state index is 0.328. The molecule has 1 N–H and O–H groups in total. The Labute approximate surface area is 108 Å². The van der Waals surface area contributed by atoms with Crippen molar-refractivity contribution in [3.8, 4) is 0 Å². The molecule has 1 heterocycles. The molecule has 0 radical (unpaired) electrons. The molecular weight excluding hydrogens is 234 g/mol. The molecule has 0 aromatic carbocycles. The molecule has 1 fully saturated rings. The van der Waals surface area contributed by atoms with Gasteiger partial charge in [-0.3, -0.25) is 0 Å². The van der Waals surface area contributed by atoms with Crippen LogP contribution in [-0.4, -0.2) is 16.0 Å². The van der Waals surface area contributed by atoms with Crippen molar-refractivity contribution in [3.63, 3.8) is 0 Å².